The Labute approximate surface area is 221 Å². The molecule has 3 heterocycles. The number of aliphatic hydroxyl groups excluding tert-OH is 1. The first-order valence-electron chi connectivity index (χ1n) is 12.4. The Morgan fingerprint density at radius 1 is 1.00 bits per heavy atom. The van der Waals surface area contributed by atoms with E-state index in [-0.39, 0.29) is 19.4 Å². The molecule has 39 heavy (non-hydrogen) atoms. The van der Waals surface area contributed by atoms with Gasteiger partial charge in [0.1, 0.15) is 11.7 Å². The molecule has 0 aromatic heterocycles. The van der Waals surface area contributed by atoms with Crippen LogP contribution in [-0.4, -0.2) is 40.8 Å². The fourth-order valence-corrected chi connectivity index (χ4v) is 6.50. The topological polar surface area (TPSA) is 124 Å². The van der Waals surface area contributed by atoms with E-state index < -0.39 is 63.9 Å². The average molecular weight is 529 g/mol. The van der Waals surface area contributed by atoms with Crippen LogP contribution in [0.25, 0.3) is 10.8 Å². The number of nitriles is 2. The highest BCUT2D eigenvalue weighted by atomic mass is 19.2. The van der Waals surface area contributed by atoms with Crippen LogP contribution in [0.2, 0.25) is 0 Å². The molecule has 2 bridgehead atoms. The number of nitrogens with zero attached hydrogens (tertiary/aromatic N) is 3. The maximum atomic E-state index is 14.4. The van der Waals surface area contributed by atoms with Crippen molar-refractivity contribution in [2.75, 3.05) is 11.5 Å². The van der Waals surface area contributed by atoms with Crippen LogP contribution in [0.15, 0.2) is 48.5 Å². The maximum Gasteiger partial charge on any atom is 0.240 e. The number of carbonyl (C=O) groups is 2. The Morgan fingerprint density at radius 3 is 2.38 bits per heavy atom. The fraction of sp³-hybridized carbons (Fsp3) is 0.310. The first kappa shape index (κ1) is 24.9. The molecule has 3 aliphatic heterocycles. The highest BCUT2D eigenvalue weighted by molar-refractivity contribution is 6.26. The van der Waals surface area contributed by atoms with Gasteiger partial charge in [-0.3, -0.25) is 9.59 Å². The summed E-state index contributed by atoms with van der Waals surface area (Å²) in [5.41, 5.74) is -2.32. The second-order valence-electron chi connectivity index (χ2n) is 10.3. The highest BCUT2D eigenvalue weighted by Gasteiger charge is 2.77. The minimum Gasteiger partial charge on any atom is -0.490 e. The van der Waals surface area contributed by atoms with Gasteiger partial charge < -0.3 is 14.6 Å². The number of anilines is 1. The third-order valence-electron chi connectivity index (χ3n) is 8.33. The van der Waals surface area contributed by atoms with Crippen molar-refractivity contribution in [2.45, 2.75) is 37.1 Å². The lowest BCUT2D eigenvalue weighted by Gasteiger charge is -2.33. The number of imide groups is 1. The van der Waals surface area contributed by atoms with Gasteiger partial charge in [-0.2, -0.15) is 14.9 Å². The van der Waals surface area contributed by atoms with Crippen molar-refractivity contribution in [3.05, 3.63) is 71.3 Å². The lowest BCUT2D eigenvalue weighted by Crippen LogP contribution is -2.49. The zero-order valence-electron chi connectivity index (χ0n) is 20.6. The molecule has 8 nitrogen and oxygen atoms in total. The number of hydrogen-bond donors (Lipinski definition) is 1. The molecule has 5 atom stereocenters. The molecule has 10 heteroatoms. The standard InChI is InChI=1S/C29H21F2N3O5/c1-28-21(35)12-29(39-28,10-11-38-20-9-7-16(14-33)24(30)25(20)31)23-22(28)26(36)34(27(23)37)19-8-6-15(13-32)17-4-2-3-5-18(17)19/h2-9,21-23,35H,10-12H2,1H3/t21?,22-,23+,28-,29+/m0/s1. The van der Waals surface area contributed by atoms with Crippen molar-refractivity contribution in [2.24, 2.45) is 11.8 Å². The monoisotopic (exact) mass is 529 g/mol. The summed E-state index contributed by atoms with van der Waals surface area (Å²) in [6.07, 6.45) is -0.973. The van der Waals surface area contributed by atoms with E-state index in [1.54, 1.807) is 49.4 Å². The third-order valence-corrected chi connectivity index (χ3v) is 8.33. The van der Waals surface area contributed by atoms with E-state index in [1.165, 1.54) is 0 Å². The van der Waals surface area contributed by atoms with E-state index in [2.05, 4.69) is 6.07 Å². The minimum atomic E-state index is -1.33. The Kier molecular flexibility index (Phi) is 5.48. The van der Waals surface area contributed by atoms with E-state index in [0.717, 1.165) is 17.0 Å². The molecule has 0 radical (unpaired) electrons. The lowest BCUT2D eigenvalue weighted by molar-refractivity contribution is -0.134. The van der Waals surface area contributed by atoms with E-state index in [4.69, 9.17) is 14.7 Å². The summed E-state index contributed by atoms with van der Waals surface area (Å²) >= 11 is 0. The highest BCUT2D eigenvalue weighted by Crippen LogP contribution is 2.62. The van der Waals surface area contributed by atoms with Gasteiger partial charge >= 0.3 is 0 Å². The van der Waals surface area contributed by atoms with E-state index in [1.807, 2.05) is 0 Å². The van der Waals surface area contributed by atoms with Gasteiger partial charge in [-0.05, 0) is 31.2 Å². The quantitative estimate of drug-likeness (QED) is 0.500. The Hall–Kier alpha value is -4.38. The van der Waals surface area contributed by atoms with Gasteiger partial charge in [0.25, 0.3) is 0 Å². The second kappa shape index (κ2) is 8.57. The molecule has 1 N–H and O–H groups in total. The molecular weight excluding hydrogens is 508 g/mol. The first-order chi connectivity index (χ1) is 18.7. The van der Waals surface area contributed by atoms with Gasteiger partial charge in [0.15, 0.2) is 11.6 Å². The maximum absolute atomic E-state index is 14.4. The number of ether oxygens (including phenoxy) is 2. The predicted octanol–water partition coefficient (Wildman–Crippen LogP) is 3.73. The van der Waals surface area contributed by atoms with Crippen LogP contribution in [-0.2, 0) is 14.3 Å². The summed E-state index contributed by atoms with van der Waals surface area (Å²) in [4.78, 5) is 28.9. The molecule has 1 unspecified atom stereocenters. The first-order valence-corrected chi connectivity index (χ1v) is 12.4. The summed E-state index contributed by atoms with van der Waals surface area (Å²) in [6.45, 7) is 1.40. The van der Waals surface area contributed by atoms with Gasteiger partial charge in [-0.25, -0.2) is 9.29 Å². The number of aliphatic hydroxyl groups is 1. The summed E-state index contributed by atoms with van der Waals surface area (Å²) in [6, 6.07) is 16.0. The molecule has 3 aromatic carbocycles. The smallest absolute Gasteiger partial charge is 0.240 e. The molecule has 0 saturated carbocycles. The van der Waals surface area contributed by atoms with E-state index in [9.17, 15) is 28.7 Å². The summed E-state index contributed by atoms with van der Waals surface area (Å²) in [5, 5.41) is 30.5. The van der Waals surface area contributed by atoms with Crippen LogP contribution in [0, 0.1) is 46.1 Å². The minimum absolute atomic E-state index is 0.0167. The van der Waals surface area contributed by atoms with E-state index >= 15 is 0 Å². The van der Waals surface area contributed by atoms with Crippen LogP contribution in [0.5, 0.6) is 5.75 Å². The van der Waals surface area contributed by atoms with Crippen LogP contribution in [0.3, 0.4) is 0 Å². The SMILES string of the molecule is C[C@]12O[C@](CCOc3ccc(C#N)c(F)c3F)(CC1O)[C@H]1C(=O)N(c3ccc(C#N)c4ccccc34)C(=O)[C@H]12. The van der Waals surface area contributed by atoms with Crippen molar-refractivity contribution < 1.29 is 33.0 Å². The molecule has 3 aliphatic rings. The van der Waals surface area contributed by atoms with Crippen LogP contribution < -0.4 is 9.64 Å². The van der Waals surface area contributed by atoms with Crippen molar-refractivity contribution in [3.63, 3.8) is 0 Å². The normalized spacial score (nSPS) is 29.0. The van der Waals surface area contributed by atoms with E-state index in [0.29, 0.717) is 22.0 Å². The number of carbonyl (C=O) groups excluding carboxylic acids is 2. The number of fused-ring (bicyclic) bond motifs is 6. The predicted molar refractivity (Wildman–Crippen MR) is 132 cm³/mol. The molecule has 3 saturated heterocycles. The molecule has 0 spiro atoms. The van der Waals surface area contributed by atoms with Crippen LogP contribution in [0.4, 0.5) is 14.5 Å². The van der Waals surface area contributed by atoms with Gasteiger partial charge in [0.2, 0.25) is 17.6 Å². The zero-order valence-corrected chi connectivity index (χ0v) is 20.6. The molecule has 0 aliphatic carbocycles. The summed E-state index contributed by atoms with van der Waals surface area (Å²) < 4.78 is 40.1. The van der Waals surface area contributed by atoms with Gasteiger partial charge in [0.05, 0.1) is 53.0 Å². The number of hydrogen-bond acceptors (Lipinski definition) is 7. The van der Waals surface area contributed by atoms with Crippen LogP contribution in [0.1, 0.15) is 30.9 Å². The Morgan fingerprint density at radius 2 is 1.67 bits per heavy atom. The Balaban J connectivity index is 1.34. The molecule has 2 amide bonds. The Bertz CT molecular complexity index is 1660. The van der Waals surface area contributed by atoms with Crippen LogP contribution >= 0.6 is 0 Å². The average Bonchev–Trinajstić information content (AvgIpc) is 3.47. The molecule has 196 valence electrons. The summed E-state index contributed by atoms with van der Waals surface area (Å²) in [7, 11) is 0. The van der Waals surface area contributed by atoms with Gasteiger partial charge in [-0.15, -0.1) is 0 Å². The molecular formula is C29H21F2N3O5. The summed E-state index contributed by atoms with van der Waals surface area (Å²) in [5.74, 6) is -5.94. The van der Waals surface area contributed by atoms with Crippen molar-refractivity contribution >= 4 is 28.3 Å². The molecule has 6 rings (SSSR count). The van der Waals surface area contributed by atoms with Crippen molar-refractivity contribution in [3.8, 4) is 17.9 Å². The van der Waals surface area contributed by atoms with Crippen molar-refractivity contribution in [1.82, 2.24) is 0 Å². The number of rotatable bonds is 5. The third kappa shape index (κ3) is 3.32. The van der Waals surface area contributed by atoms with Gasteiger partial charge in [-0.1, -0.05) is 24.3 Å². The molecule has 3 fully saturated rings. The number of benzene rings is 3. The molecule has 3 aromatic rings. The second-order valence-corrected chi connectivity index (χ2v) is 10.3. The van der Waals surface area contributed by atoms with Gasteiger partial charge in [0, 0.05) is 23.6 Å². The van der Waals surface area contributed by atoms with Crippen molar-refractivity contribution in [1.29, 1.82) is 10.5 Å². The number of amides is 2. The zero-order chi connectivity index (χ0) is 27.7. The largest absolute Gasteiger partial charge is 0.490 e. The fourth-order valence-electron chi connectivity index (χ4n) is 6.50. The number of halogens is 2. The lowest BCUT2D eigenvalue weighted by atomic mass is 9.66.